The highest BCUT2D eigenvalue weighted by Crippen LogP contribution is 2.44. The third-order valence-electron chi connectivity index (χ3n) is 6.68. The van der Waals surface area contributed by atoms with Crippen molar-refractivity contribution >= 4 is 39.3 Å². The van der Waals surface area contributed by atoms with Crippen LogP contribution >= 0.6 is 0 Å². The van der Waals surface area contributed by atoms with E-state index in [1.807, 2.05) is 0 Å². The van der Waals surface area contributed by atoms with Crippen LogP contribution in [0.25, 0.3) is 0 Å². The number of fused-ring (bicyclic) bond motifs is 1. The first kappa shape index (κ1) is 26.9. The van der Waals surface area contributed by atoms with Gasteiger partial charge in [0.1, 0.15) is 23.5 Å². The number of hydrogen-bond donors (Lipinski definition) is 2. The number of aliphatic hydroxyl groups excluding tert-OH is 1. The highest BCUT2D eigenvalue weighted by atomic mass is 32.2. The number of quaternary nitrogens is 1. The first-order valence-corrected chi connectivity index (χ1v) is 12.5. The molecule has 1 amide bonds. The SMILES string of the molecule is CC(C)=CC(=O)NC1=CC(=O)[C@]2(C)[C@H](O)[C@@H](S(=O)C3=NCC(C[C@@H](C(=O)[O-])[N+](C)(C)C)=N3)[C@H](C)N12. The van der Waals surface area contributed by atoms with E-state index in [0.29, 0.717) is 5.71 Å². The monoisotopic (exact) mass is 507 g/mol. The quantitative estimate of drug-likeness (QED) is 0.313. The number of carbonyl (C=O) groups excluding carboxylic acids is 3. The summed E-state index contributed by atoms with van der Waals surface area (Å²) in [5.41, 5.74) is -0.154. The van der Waals surface area contributed by atoms with Crippen molar-refractivity contribution in [2.45, 2.75) is 63.1 Å². The van der Waals surface area contributed by atoms with Crippen LogP contribution in [0.2, 0.25) is 0 Å². The van der Waals surface area contributed by atoms with Gasteiger partial charge < -0.3 is 29.7 Å². The van der Waals surface area contributed by atoms with Gasteiger partial charge in [-0.2, -0.15) is 0 Å². The predicted molar refractivity (Wildman–Crippen MR) is 129 cm³/mol. The average Bonchev–Trinajstić information content (AvgIpc) is 3.33. The van der Waals surface area contributed by atoms with Crippen LogP contribution < -0.4 is 10.4 Å². The molecular weight excluding hydrogens is 474 g/mol. The van der Waals surface area contributed by atoms with Gasteiger partial charge in [0.2, 0.25) is 11.1 Å². The van der Waals surface area contributed by atoms with Crippen molar-refractivity contribution in [3.8, 4) is 0 Å². The minimum absolute atomic E-state index is 0.00531. The van der Waals surface area contributed by atoms with E-state index in [2.05, 4.69) is 15.3 Å². The molecule has 0 aromatic carbocycles. The number of amides is 1. The van der Waals surface area contributed by atoms with Crippen LogP contribution in [0, 0.1) is 0 Å². The lowest BCUT2D eigenvalue weighted by atomic mass is 9.92. The molecule has 0 saturated carbocycles. The number of aliphatic carboxylic acids is 1. The fourth-order valence-electron chi connectivity index (χ4n) is 4.79. The Bertz CT molecular complexity index is 1100. The van der Waals surface area contributed by atoms with E-state index < -0.39 is 57.4 Å². The number of allylic oxidation sites excluding steroid dienone is 1. The lowest BCUT2D eigenvalue weighted by Crippen LogP contribution is -2.55. The first-order valence-electron chi connectivity index (χ1n) is 11.3. The number of nitrogens with one attached hydrogen (secondary N) is 1. The Morgan fingerprint density at radius 1 is 1.40 bits per heavy atom. The van der Waals surface area contributed by atoms with Crippen LogP contribution in [-0.2, 0) is 25.2 Å². The van der Waals surface area contributed by atoms with Gasteiger partial charge in [0.25, 0.3) is 0 Å². The van der Waals surface area contributed by atoms with Gasteiger partial charge >= 0.3 is 0 Å². The van der Waals surface area contributed by atoms with E-state index in [0.717, 1.165) is 5.57 Å². The van der Waals surface area contributed by atoms with E-state index in [4.69, 9.17) is 0 Å². The first-order chi connectivity index (χ1) is 16.1. The number of carboxylic acids is 1. The molecule has 0 aromatic heterocycles. The van der Waals surface area contributed by atoms with Crippen molar-refractivity contribution in [2.24, 2.45) is 9.98 Å². The summed E-state index contributed by atoms with van der Waals surface area (Å²) in [6, 6.07) is -1.45. The molecule has 11 nitrogen and oxygen atoms in total. The van der Waals surface area contributed by atoms with E-state index >= 15 is 0 Å². The molecular formula is C23H33N5O6S. The molecule has 1 unspecified atom stereocenters. The van der Waals surface area contributed by atoms with Gasteiger partial charge in [0.05, 0.1) is 49.7 Å². The van der Waals surface area contributed by atoms with Crippen LogP contribution in [0.15, 0.2) is 33.5 Å². The van der Waals surface area contributed by atoms with Gasteiger partial charge in [-0.3, -0.25) is 18.8 Å². The Morgan fingerprint density at radius 3 is 2.57 bits per heavy atom. The summed E-state index contributed by atoms with van der Waals surface area (Å²) in [6.45, 7) is 6.92. The van der Waals surface area contributed by atoms with Crippen LogP contribution in [0.1, 0.15) is 34.1 Å². The zero-order valence-corrected chi connectivity index (χ0v) is 21.9. The molecule has 3 aliphatic rings. The fourth-order valence-corrected chi connectivity index (χ4v) is 6.42. The molecule has 2 N–H and O–H groups in total. The van der Waals surface area contributed by atoms with Crippen molar-refractivity contribution < 1.29 is 33.3 Å². The molecule has 0 bridgehead atoms. The Hall–Kier alpha value is -2.70. The Kier molecular flexibility index (Phi) is 7.22. The summed E-state index contributed by atoms with van der Waals surface area (Å²) < 4.78 is 13.6. The second-order valence-electron chi connectivity index (χ2n) is 10.5. The third kappa shape index (κ3) is 4.87. The number of ketones is 1. The molecule has 1 saturated heterocycles. The molecule has 1 fully saturated rings. The topological polar surface area (TPSA) is 152 Å². The van der Waals surface area contributed by atoms with Crippen molar-refractivity contribution in [2.75, 3.05) is 27.7 Å². The van der Waals surface area contributed by atoms with E-state index in [-0.39, 0.29) is 28.4 Å². The highest BCUT2D eigenvalue weighted by molar-refractivity contribution is 8.01. The zero-order chi connectivity index (χ0) is 26.5. The molecule has 0 aromatic rings. The van der Waals surface area contributed by atoms with Crippen LogP contribution in [0.3, 0.4) is 0 Å². The summed E-state index contributed by atoms with van der Waals surface area (Å²) in [4.78, 5) is 47.0. The summed E-state index contributed by atoms with van der Waals surface area (Å²) in [5.74, 6) is -1.78. The molecule has 6 atom stereocenters. The molecule has 3 heterocycles. The fraction of sp³-hybridized carbons (Fsp3) is 0.609. The van der Waals surface area contributed by atoms with Gasteiger partial charge in [0.15, 0.2) is 5.78 Å². The Labute approximate surface area is 207 Å². The maximum Gasteiger partial charge on any atom is 0.249 e. The molecule has 0 spiro atoms. The zero-order valence-electron chi connectivity index (χ0n) is 21.1. The van der Waals surface area contributed by atoms with Crippen LogP contribution in [0.5, 0.6) is 0 Å². The summed E-state index contributed by atoms with van der Waals surface area (Å²) in [6.07, 6.45) is 1.45. The van der Waals surface area contributed by atoms with Crippen LogP contribution in [0.4, 0.5) is 0 Å². The standard InChI is InChI=1S/C23H33N5O6S/c1-12(2)8-18(30)26-17-10-16(29)23(4)20(31)19(13(3)27(17)23)35(34)22-24-11-14(25-22)9-15(21(32)33)28(5,6)7/h8,10,13,15,19-20,31H,9,11H2,1-7H3,(H-,26,29,30,32,33)/t13-,15-,19-,20+,23+,35?/m0/s1. The number of nitrogens with zero attached hydrogens (tertiary/aromatic N) is 4. The van der Waals surface area contributed by atoms with Crippen molar-refractivity contribution in [3.05, 3.63) is 23.5 Å². The molecule has 0 aliphatic carbocycles. The van der Waals surface area contributed by atoms with Gasteiger partial charge in [0, 0.05) is 30.3 Å². The van der Waals surface area contributed by atoms with Gasteiger partial charge in [-0.1, -0.05) is 5.57 Å². The second kappa shape index (κ2) is 9.40. The molecule has 3 rings (SSSR count). The number of likely N-dealkylation sites (N-methyl/N-ethyl adjacent to an activating group) is 1. The number of carboxylic acid groups (broad SMARTS) is 1. The van der Waals surface area contributed by atoms with Gasteiger partial charge in [-0.05, 0) is 27.7 Å². The minimum atomic E-state index is -1.89. The van der Waals surface area contributed by atoms with Crippen molar-refractivity contribution in [1.29, 1.82) is 0 Å². The minimum Gasteiger partial charge on any atom is -0.544 e. The van der Waals surface area contributed by atoms with Crippen LogP contribution in [-0.4, -0.2) is 104 Å². The number of carbonyl (C=O) groups is 3. The predicted octanol–water partition coefficient (Wildman–Crippen LogP) is -1.54. The Balaban J connectivity index is 1.83. The number of hydrogen-bond acceptors (Lipinski definition) is 9. The summed E-state index contributed by atoms with van der Waals surface area (Å²) in [5, 5.41) is 24.6. The smallest absolute Gasteiger partial charge is 0.249 e. The summed E-state index contributed by atoms with van der Waals surface area (Å²) >= 11 is 0. The number of aliphatic hydroxyl groups is 1. The Morgan fingerprint density at radius 2 is 2.03 bits per heavy atom. The van der Waals surface area contributed by atoms with Gasteiger partial charge in [-0.25, -0.2) is 4.99 Å². The molecule has 12 heteroatoms. The largest absolute Gasteiger partial charge is 0.544 e. The lowest BCUT2D eigenvalue weighted by Gasteiger charge is -2.34. The van der Waals surface area contributed by atoms with Gasteiger partial charge in [-0.15, -0.1) is 0 Å². The molecule has 3 aliphatic heterocycles. The van der Waals surface area contributed by atoms with Crippen molar-refractivity contribution in [3.63, 3.8) is 0 Å². The number of aliphatic imine (C=N–C) groups is 2. The maximum atomic E-state index is 13.5. The van der Waals surface area contributed by atoms with E-state index in [9.17, 15) is 28.8 Å². The molecule has 0 radical (unpaired) electrons. The average molecular weight is 508 g/mol. The number of rotatable bonds is 7. The molecule has 35 heavy (non-hydrogen) atoms. The highest BCUT2D eigenvalue weighted by Gasteiger charge is 2.63. The van der Waals surface area contributed by atoms with Crippen molar-refractivity contribution in [1.82, 2.24) is 10.2 Å². The number of amidine groups is 1. The van der Waals surface area contributed by atoms with E-state index in [1.165, 1.54) is 12.2 Å². The maximum absolute atomic E-state index is 13.5. The normalized spacial score (nSPS) is 29.7. The second-order valence-corrected chi connectivity index (χ2v) is 12.0. The molecule has 192 valence electrons. The summed E-state index contributed by atoms with van der Waals surface area (Å²) in [7, 11) is 3.32. The lowest BCUT2D eigenvalue weighted by molar-refractivity contribution is -0.888. The van der Waals surface area contributed by atoms with E-state index in [1.54, 1.807) is 53.7 Å². The third-order valence-corrected chi connectivity index (χ3v) is 8.41.